The molecule has 10 nitrogen and oxygen atoms in total. The number of nitrogens with zero attached hydrogens (tertiary/aromatic N) is 5. The smallest absolute Gasteiger partial charge is 0.333 e. The second-order valence-corrected chi connectivity index (χ2v) is 8.06. The summed E-state index contributed by atoms with van der Waals surface area (Å²) in [5.41, 5.74) is 7.69. The summed E-state index contributed by atoms with van der Waals surface area (Å²) >= 11 is 0. The Hall–Kier alpha value is -3.53. The molecule has 10 heteroatoms. The second kappa shape index (κ2) is 7.06. The third kappa shape index (κ3) is 3.45. The summed E-state index contributed by atoms with van der Waals surface area (Å²) in [5, 5.41) is 3.94. The Balaban J connectivity index is 1.70. The van der Waals surface area contributed by atoms with Crippen LogP contribution in [0.15, 0.2) is 35.1 Å². The fourth-order valence-electron chi connectivity index (χ4n) is 3.21. The molecule has 4 rings (SSSR count). The number of hydrogen-bond donors (Lipinski definition) is 1. The summed E-state index contributed by atoms with van der Waals surface area (Å²) in [4.78, 5) is 35.2. The van der Waals surface area contributed by atoms with Crippen molar-refractivity contribution >= 4 is 11.9 Å². The van der Waals surface area contributed by atoms with Gasteiger partial charge in [0.25, 0.3) is 11.8 Å². The average Bonchev–Trinajstić information content (AvgIpc) is 3.30. The first-order valence-electron chi connectivity index (χ1n) is 9.39. The van der Waals surface area contributed by atoms with E-state index in [-0.39, 0.29) is 17.6 Å². The highest BCUT2D eigenvalue weighted by Gasteiger charge is 2.31. The maximum absolute atomic E-state index is 12.7. The second-order valence-electron chi connectivity index (χ2n) is 8.06. The van der Waals surface area contributed by atoms with Gasteiger partial charge in [-0.05, 0) is 32.9 Å². The van der Waals surface area contributed by atoms with Crippen LogP contribution in [0.25, 0.3) is 17.2 Å². The van der Waals surface area contributed by atoms with Crippen molar-refractivity contribution in [2.45, 2.75) is 39.0 Å². The Kier molecular flexibility index (Phi) is 4.65. The minimum atomic E-state index is -1.21. The van der Waals surface area contributed by atoms with Crippen LogP contribution in [0.5, 0.6) is 0 Å². The topological polar surface area (TPSA) is 129 Å². The molecule has 0 saturated carbocycles. The molecule has 3 heterocycles. The number of rotatable bonds is 3. The van der Waals surface area contributed by atoms with Crippen molar-refractivity contribution in [2.24, 2.45) is 5.73 Å². The number of benzene rings is 1. The monoisotopic (exact) mass is 410 g/mol. The molecule has 1 aliphatic heterocycles. The van der Waals surface area contributed by atoms with E-state index in [0.29, 0.717) is 23.5 Å². The number of nitrogens with two attached hydrogens (primary N) is 1. The first kappa shape index (κ1) is 19.8. The number of carbonyl (C=O) groups excluding carboxylic acids is 2. The van der Waals surface area contributed by atoms with Crippen LogP contribution in [0.3, 0.4) is 0 Å². The number of ether oxygens (including phenoxy) is 1. The van der Waals surface area contributed by atoms with Crippen LogP contribution in [-0.2, 0) is 16.1 Å². The summed E-state index contributed by atoms with van der Waals surface area (Å²) in [6.07, 6.45) is 1.61. The molecular weight excluding hydrogens is 388 g/mol. The molecular formula is C20H22N6O4. The highest BCUT2D eigenvalue weighted by atomic mass is 16.6. The molecule has 0 fully saturated rings. The van der Waals surface area contributed by atoms with E-state index in [4.69, 9.17) is 15.0 Å². The van der Waals surface area contributed by atoms with Crippen molar-refractivity contribution in [1.29, 1.82) is 0 Å². The van der Waals surface area contributed by atoms with Crippen molar-refractivity contribution in [3.8, 4) is 17.2 Å². The molecule has 3 aromatic rings. The first-order valence-corrected chi connectivity index (χ1v) is 9.39. The zero-order valence-corrected chi connectivity index (χ0v) is 17.1. The van der Waals surface area contributed by atoms with Crippen molar-refractivity contribution in [1.82, 2.24) is 24.6 Å². The summed E-state index contributed by atoms with van der Waals surface area (Å²) in [7, 11) is 1.71. The molecule has 1 aromatic carbocycles. The highest BCUT2D eigenvalue weighted by Crippen LogP contribution is 2.29. The fraction of sp³-hybridized carbons (Fsp3) is 0.350. The van der Waals surface area contributed by atoms with E-state index in [9.17, 15) is 9.59 Å². The standard InChI is InChI=1S/C20H22N6O4/c1-20(2,3)29-19(28)14(21)17-23-16(24-30-17)15-13-9-25(4)18(27)11-7-5-6-8-12(11)26(13)10-22-15/h5-8,10,14H,9,21H2,1-4H3. The van der Waals surface area contributed by atoms with E-state index in [1.807, 2.05) is 22.8 Å². The number of amides is 1. The third-order valence-corrected chi connectivity index (χ3v) is 4.57. The van der Waals surface area contributed by atoms with Gasteiger partial charge >= 0.3 is 5.97 Å². The Morgan fingerprint density at radius 1 is 1.30 bits per heavy atom. The molecule has 0 spiro atoms. The van der Waals surface area contributed by atoms with Gasteiger partial charge in [0, 0.05) is 7.05 Å². The van der Waals surface area contributed by atoms with Crippen LogP contribution in [0, 0.1) is 0 Å². The van der Waals surface area contributed by atoms with E-state index in [2.05, 4.69) is 15.1 Å². The lowest BCUT2D eigenvalue weighted by Gasteiger charge is -2.20. The number of carbonyl (C=O) groups is 2. The SMILES string of the molecule is CN1Cc2c(-c3noc(C(N)C(=O)OC(C)(C)C)n3)ncn2-c2ccccc2C1=O. The van der Waals surface area contributed by atoms with Gasteiger partial charge in [-0.25, -0.2) is 9.78 Å². The summed E-state index contributed by atoms with van der Waals surface area (Å²) in [6, 6.07) is 6.08. The Bertz CT molecular complexity index is 1130. The van der Waals surface area contributed by atoms with E-state index < -0.39 is 17.6 Å². The van der Waals surface area contributed by atoms with Crippen LogP contribution in [0.4, 0.5) is 0 Å². The molecule has 0 bridgehead atoms. The number of para-hydroxylation sites is 1. The molecule has 1 amide bonds. The molecule has 1 aliphatic rings. The van der Waals surface area contributed by atoms with Gasteiger partial charge in [0.2, 0.25) is 5.82 Å². The highest BCUT2D eigenvalue weighted by molar-refractivity contribution is 5.98. The van der Waals surface area contributed by atoms with Gasteiger partial charge in [-0.15, -0.1) is 0 Å². The number of imidazole rings is 1. The predicted octanol–water partition coefficient (Wildman–Crippen LogP) is 1.85. The maximum Gasteiger partial charge on any atom is 0.333 e. The largest absolute Gasteiger partial charge is 0.458 e. The summed E-state index contributed by atoms with van der Waals surface area (Å²) in [5.74, 6) is -0.654. The van der Waals surface area contributed by atoms with Gasteiger partial charge < -0.3 is 19.9 Å². The van der Waals surface area contributed by atoms with Crippen molar-refractivity contribution in [2.75, 3.05) is 7.05 Å². The minimum Gasteiger partial charge on any atom is -0.458 e. The number of aromatic nitrogens is 4. The maximum atomic E-state index is 12.7. The van der Waals surface area contributed by atoms with Crippen LogP contribution in [0.2, 0.25) is 0 Å². The first-order chi connectivity index (χ1) is 14.2. The van der Waals surface area contributed by atoms with Gasteiger partial charge in [-0.1, -0.05) is 17.3 Å². The zero-order valence-electron chi connectivity index (χ0n) is 17.1. The predicted molar refractivity (Wildman–Crippen MR) is 105 cm³/mol. The lowest BCUT2D eigenvalue weighted by atomic mass is 10.1. The number of fused-ring (bicyclic) bond motifs is 3. The average molecular weight is 410 g/mol. The van der Waals surface area contributed by atoms with Crippen LogP contribution >= 0.6 is 0 Å². The van der Waals surface area contributed by atoms with E-state index in [1.165, 1.54) is 0 Å². The quantitative estimate of drug-likeness (QED) is 0.648. The zero-order chi connectivity index (χ0) is 21.6. The lowest BCUT2D eigenvalue weighted by Crippen LogP contribution is -2.31. The molecule has 0 aliphatic carbocycles. The van der Waals surface area contributed by atoms with Crippen molar-refractivity contribution in [3.05, 3.63) is 47.7 Å². The number of esters is 1. The van der Waals surface area contributed by atoms with Gasteiger partial charge in [-0.3, -0.25) is 9.36 Å². The van der Waals surface area contributed by atoms with Crippen molar-refractivity contribution in [3.63, 3.8) is 0 Å². The van der Waals surface area contributed by atoms with Gasteiger partial charge in [0.15, 0.2) is 6.04 Å². The molecule has 0 saturated heterocycles. The van der Waals surface area contributed by atoms with Crippen LogP contribution in [-0.4, -0.2) is 49.1 Å². The third-order valence-electron chi connectivity index (χ3n) is 4.57. The summed E-state index contributed by atoms with van der Waals surface area (Å²) < 4.78 is 12.3. The number of hydrogen-bond acceptors (Lipinski definition) is 8. The molecule has 30 heavy (non-hydrogen) atoms. The van der Waals surface area contributed by atoms with Crippen LogP contribution < -0.4 is 5.73 Å². The molecule has 0 radical (unpaired) electrons. The fourth-order valence-corrected chi connectivity index (χ4v) is 3.21. The van der Waals surface area contributed by atoms with E-state index in [1.54, 1.807) is 45.1 Å². The molecule has 1 atom stereocenters. The molecule has 1 unspecified atom stereocenters. The minimum absolute atomic E-state index is 0.0700. The van der Waals surface area contributed by atoms with Gasteiger partial charge in [-0.2, -0.15) is 4.98 Å². The molecule has 2 N–H and O–H groups in total. The van der Waals surface area contributed by atoms with E-state index >= 15 is 0 Å². The van der Waals surface area contributed by atoms with Gasteiger partial charge in [0.05, 0.1) is 23.5 Å². The normalized spacial score (nSPS) is 14.7. The van der Waals surface area contributed by atoms with Crippen LogP contribution in [0.1, 0.15) is 48.8 Å². The van der Waals surface area contributed by atoms with Gasteiger partial charge in [0.1, 0.15) is 17.6 Å². The van der Waals surface area contributed by atoms with Crippen molar-refractivity contribution < 1.29 is 18.8 Å². The molecule has 156 valence electrons. The Labute approximate surface area is 172 Å². The van der Waals surface area contributed by atoms with E-state index in [0.717, 1.165) is 5.69 Å². The Morgan fingerprint density at radius 3 is 2.77 bits per heavy atom. The molecule has 2 aromatic heterocycles. The lowest BCUT2D eigenvalue weighted by molar-refractivity contribution is -0.157. The summed E-state index contributed by atoms with van der Waals surface area (Å²) in [6.45, 7) is 5.53. The Morgan fingerprint density at radius 2 is 2.03 bits per heavy atom.